The summed E-state index contributed by atoms with van der Waals surface area (Å²) in [6.07, 6.45) is 1.11. The fourth-order valence-corrected chi connectivity index (χ4v) is 3.17. The molecule has 0 saturated heterocycles. The highest BCUT2D eigenvalue weighted by Gasteiger charge is 2.22. The summed E-state index contributed by atoms with van der Waals surface area (Å²) in [7, 11) is 0. The lowest BCUT2D eigenvalue weighted by atomic mass is 10.1. The Labute approximate surface area is 136 Å². The van der Waals surface area contributed by atoms with Crippen LogP contribution in [-0.4, -0.2) is 30.2 Å². The van der Waals surface area contributed by atoms with Crippen LogP contribution in [-0.2, 0) is 13.0 Å². The van der Waals surface area contributed by atoms with Crippen LogP contribution < -0.4 is 10.2 Å². The van der Waals surface area contributed by atoms with Crippen molar-refractivity contribution in [2.75, 3.05) is 18.0 Å². The second-order valence-electron chi connectivity index (χ2n) is 6.06. The average Bonchev–Trinajstić information content (AvgIpc) is 2.99. The third-order valence-electron chi connectivity index (χ3n) is 4.40. The number of hydrogen-bond donors (Lipinski definition) is 2. The number of aromatic carboxylic acids is 1. The van der Waals surface area contributed by atoms with Crippen molar-refractivity contribution >= 4 is 11.7 Å². The van der Waals surface area contributed by atoms with E-state index in [1.165, 1.54) is 11.3 Å². The highest BCUT2D eigenvalue weighted by Crippen LogP contribution is 2.28. The largest absolute Gasteiger partial charge is 0.478 e. The number of rotatable bonds is 6. The molecule has 0 radical (unpaired) electrons. The van der Waals surface area contributed by atoms with E-state index in [4.69, 9.17) is 5.11 Å². The van der Waals surface area contributed by atoms with Gasteiger partial charge in [-0.3, -0.25) is 0 Å². The molecule has 4 heteroatoms. The minimum absolute atomic E-state index is 0.339. The quantitative estimate of drug-likeness (QED) is 0.861. The fourth-order valence-electron chi connectivity index (χ4n) is 3.17. The molecule has 2 N–H and O–H groups in total. The number of nitrogens with zero attached hydrogens (tertiary/aromatic N) is 1. The molecule has 0 spiro atoms. The first-order valence-electron chi connectivity index (χ1n) is 8.02. The molecule has 1 heterocycles. The average molecular weight is 310 g/mol. The molecule has 0 aliphatic carbocycles. The van der Waals surface area contributed by atoms with Crippen molar-refractivity contribution in [3.63, 3.8) is 0 Å². The van der Waals surface area contributed by atoms with Gasteiger partial charge in [-0.25, -0.2) is 4.79 Å². The van der Waals surface area contributed by atoms with E-state index in [9.17, 15) is 4.79 Å². The number of carbonyl (C=O) groups is 1. The Morgan fingerprint density at radius 1 is 1.26 bits per heavy atom. The van der Waals surface area contributed by atoms with E-state index >= 15 is 0 Å². The smallest absolute Gasteiger partial charge is 0.335 e. The van der Waals surface area contributed by atoms with E-state index in [2.05, 4.69) is 41.4 Å². The Morgan fingerprint density at radius 2 is 2.09 bits per heavy atom. The molecule has 1 unspecified atom stereocenters. The molecule has 1 aliphatic rings. The molecule has 0 fully saturated rings. The highest BCUT2D eigenvalue weighted by molar-refractivity contribution is 5.87. The van der Waals surface area contributed by atoms with E-state index in [0.717, 1.165) is 25.1 Å². The van der Waals surface area contributed by atoms with Crippen LogP contribution in [0.25, 0.3) is 0 Å². The van der Waals surface area contributed by atoms with Gasteiger partial charge in [0.15, 0.2) is 0 Å². The standard InChI is InChI=1S/C19H22N2O2/c1-14(21-10-9-16-6-2-3-8-18(16)21)12-20-13-15-5-4-7-17(11-15)19(22)23/h2-8,11,14,20H,9-10,12-13H2,1H3,(H,22,23). The van der Waals surface area contributed by atoms with Crippen molar-refractivity contribution in [1.29, 1.82) is 0 Å². The zero-order valence-corrected chi connectivity index (χ0v) is 13.3. The first-order valence-corrected chi connectivity index (χ1v) is 8.02. The first kappa shape index (κ1) is 15.6. The summed E-state index contributed by atoms with van der Waals surface area (Å²) in [5, 5.41) is 12.5. The second kappa shape index (κ2) is 6.84. The number of carboxylic acid groups (broad SMARTS) is 1. The molecule has 0 aromatic heterocycles. The summed E-state index contributed by atoms with van der Waals surface area (Å²) in [4.78, 5) is 13.4. The van der Waals surface area contributed by atoms with Gasteiger partial charge in [0.2, 0.25) is 0 Å². The van der Waals surface area contributed by atoms with E-state index in [0.29, 0.717) is 18.2 Å². The van der Waals surface area contributed by atoms with E-state index < -0.39 is 5.97 Å². The lowest BCUT2D eigenvalue weighted by molar-refractivity contribution is 0.0696. The number of nitrogens with one attached hydrogen (secondary N) is 1. The van der Waals surface area contributed by atoms with Gasteiger partial charge in [-0.1, -0.05) is 30.3 Å². The van der Waals surface area contributed by atoms with Crippen molar-refractivity contribution in [3.8, 4) is 0 Å². The van der Waals surface area contributed by atoms with Crippen LogP contribution in [0.1, 0.15) is 28.4 Å². The molecular formula is C19H22N2O2. The molecule has 2 aromatic rings. The van der Waals surface area contributed by atoms with Crippen LogP contribution >= 0.6 is 0 Å². The Bertz CT molecular complexity index is 699. The molecule has 1 aliphatic heterocycles. The van der Waals surface area contributed by atoms with Gasteiger partial charge < -0.3 is 15.3 Å². The molecule has 4 nitrogen and oxygen atoms in total. The Hall–Kier alpha value is -2.33. The van der Waals surface area contributed by atoms with E-state index in [1.54, 1.807) is 18.2 Å². The lowest BCUT2D eigenvalue weighted by Gasteiger charge is -2.27. The van der Waals surface area contributed by atoms with Gasteiger partial charge in [0.25, 0.3) is 0 Å². The Morgan fingerprint density at radius 3 is 2.91 bits per heavy atom. The molecule has 1 atom stereocenters. The van der Waals surface area contributed by atoms with Gasteiger partial charge in [0, 0.05) is 31.4 Å². The predicted molar refractivity (Wildman–Crippen MR) is 92.1 cm³/mol. The maximum Gasteiger partial charge on any atom is 0.335 e. The van der Waals surface area contributed by atoms with Gasteiger partial charge >= 0.3 is 5.97 Å². The number of para-hydroxylation sites is 1. The maximum atomic E-state index is 11.0. The van der Waals surface area contributed by atoms with Crippen molar-refractivity contribution in [3.05, 3.63) is 65.2 Å². The molecule has 3 rings (SSSR count). The van der Waals surface area contributed by atoms with Crippen LogP contribution in [0.15, 0.2) is 48.5 Å². The van der Waals surface area contributed by atoms with Gasteiger partial charge in [-0.05, 0) is 42.7 Å². The van der Waals surface area contributed by atoms with Crippen LogP contribution in [0.5, 0.6) is 0 Å². The van der Waals surface area contributed by atoms with Crippen LogP contribution in [0.2, 0.25) is 0 Å². The second-order valence-corrected chi connectivity index (χ2v) is 6.06. The van der Waals surface area contributed by atoms with E-state index in [-0.39, 0.29) is 0 Å². The molecule has 0 saturated carbocycles. The normalized spacial score (nSPS) is 14.6. The lowest BCUT2D eigenvalue weighted by Crippen LogP contribution is -2.39. The molecule has 120 valence electrons. The summed E-state index contributed by atoms with van der Waals surface area (Å²) >= 11 is 0. The van der Waals surface area contributed by atoms with Gasteiger partial charge in [0.05, 0.1) is 5.56 Å². The molecular weight excluding hydrogens is 288 g/mol. The number of benzene rings is 2. The Kier molecular flexibility index (Phi) is 4.63. The fraction of sp³-hybridized carbons (Fsp3) is 0.316. The van der Waals surface area contributed by atoms with Gasteiger partial charge in [-0.2, -0.15) is 0 Å². The number of carboxylic acids is 1. The van der Waals surface area contributed by atoms with Gasteiger partial charge in [-0.15, -0.1) is 0 Å². The monoisotopic (exact) mass is 310 g/mol. The van der Waals surface area contributed by atoms with Crippen molar-refractivity contribution < 1.29 is 9.90 Å². The zero-order valence-electron chi connectivity index (χ0n) is 13.3. The van der Waals surface area contributed by atoms with Crippen LogP contribution in [0.3, 0.4) is 0 Å². The SMILES string of the molecule is CC(CNCc1cccc(C(=O)O)c1)N1CCc2ccccc21. The van der Waals surface area contributed by atoms with Crippen molar-refractivity contribution in [1.82, 2.24) is 5.32 Å². The summed E-state index contributed by atoms with van der Waals surface area (Å²) < 4.78 is 0. The van der Waals surface area contributed by atoms with Crippen molar-refractivity contribution in [2.45, 2.75) is 25.9 Å². The molecule has 0 bridgehead atoms. The van der Waals surface area contributed by atoms with Crippen molar-refractivity contribution in [2.24, 2.45) is 0 Å². The third kappa shape index (κ3) is 3.54. The number of hydrogen-bond acceptors (Lipinski definition) is 3. The minimum Gasteiger partial charge on any atom is -0.478 e. The first-order chi connectivity index (χ1) is 11.1. The summed E-state index contributed by atoms with van der Waals surface area (Å²) in [5.74, 6) is -0.881. The summed E-state index contributed by atoms with van der Waals surface area (Å²) in [6.45, 7) is 4.84. The predicted octanol–water partition coefficient (Wildman–Crippen LogP) is 2.93. The van der Waals surface area contributed by atoms with E-state index in [1.807, 2.05) is 6.07 Å². The zero-order chi connectivity index (χ0) is 16.2. The van der Waals surface area contributed by atoms with Gasteiger partial charge in [0.1, 0.15) is 0 Å². The summed E-state index contributed by atoms with van der Waals surface area (Å²) in [6, 6.07) is 16.1. The number of anilines is 1. The number of fused-ring (bicyclic) bond motifs is 1. The van der Waals surface area contributed by atoms with Crippen LogP contribution in [0, 0.1) is 0 Å². The topological polar surface area (TPSA) is 52.6 Å². The minimum atomic E-state index is -0.881. The molecule has 23 heavy (non-hydrogen) atoms. The van der Waals surface area contributed by atoms with Crippen LogP contribution in [0.4, 0.5) is 5.69 Å². The molecule has 2 aromatic carbocycles. The Balaban J connectivity index is 1.55. The highest BCUT2D eigenvalue weighted by atomic mass is 16.4. The maximum absolute atomic E-state index is 11.0. The summed E-state index contributed by atoms with van der Waals surface area (Å²) in [5.41, 5.74) is 4.10. The third-order valence-corrected chi connectivity index (χ3v) is 4.40. The molecule has 0 amide bonds.